The van der Waals surface area contributed by atoms with Crippen LogP contribution >= 0.6 is 24.0 Å². The molecule has 0 radical (unpaired) electrons. The van der Waals surface area contributed by atoms with Crippen molar-refractivity contribution < 1.29 is 14.3 Å². The fourth-order valence-corrected chi connectivity index (χ4v) is 3.46. The van der Waals surface area contributed by atoms with Crippen LogP contribution in [0.3, 0.4) is 0 Å². The van der Waals surface area contributed by atoms with Crippen LogP contribution in [-0.2, 0) is 16.0 Å². The van der Waals surface area contributed by atoms with Gasteiger partial charge in [-0.1, -0.05) is 25.5 Å². The zero-order chi connectivity index (χ0) is 21.6. The number of hydrogen-bond donors (Lipinski definition) is 2. The minimum absolute atomic E-state index is 0. The van der Waals surface area contributed by atoms with Crippen molar-refractivity contribution in [2.24, 2.45) is 4.99 Å². The maximum absolute atomic E-state index is 12.1. The number of likely N-dealkylation sites (tertiary alicyclic amines) is 1. The molecule has 1 amide bonds. The Morgan fingerprint density at radius 1 is 1.13 bits per heavy atom. The second-order valence-corrected chi connectivity index (χ2v) is 7.61. The molecule has 0 bridgehead atoms. The van der Waals surface area contributed by atoms with E-state index in [-0.39, 0.29) is 29.9 Å². The Hall–Kier alpha value is -1.39. The molecule has 0 spiro atoms. The first-order valence-electron chi connectivity index (χ1n) is 11.1. The van der Waals surface area contributed by atoms with Gasteiger partial charge in [0.1, 0.15) is 0 Å². The summed E-state index contributed by atoms with van der Waals surface area (Å²) in [6.07, 6.45) is 5.37. The molecule has 1 aliphatic heterocycles. The quantitative estimate of drug-likeness (QED) is 0.193. The second kappa shape index (κ2) is 16.3. The van der Waals surface area contributed by atoms with Crippen LogP contribution in [0.5, 0.6) is 0 Å². The lowest BCUT2D eigenvalue weighted by Crippen LogP contribution is -2.46. The molecule has 1 aromatic carbocycles. The van der Waals surface area contributed by atoms with Crippen molar-refractivity contribution in [2.45, 2.75) is 51.7 Å². The first kappa shape index (κ1) is 27.6. The summed E-state index contributed by atoms with van der Waals surface area (Å²) in [7, 11) is 3.54. The summed E-state index contributed by atoms with van der Waals surface area (Å²) >= 11 is 0. The van der Waals surface area contributed by atoms with Gasteiger partial charge in [-0.05, 0) is 43.4 Å². The lowest BCUT2D eigenvalue weighted by molar-refractivity contribution is 0.00989. The zero-order valence-electron chi connectivity index (χ0n) is 19.2. The molecule has 0 atom stereocenters. The Labute approximate surface area is 204 Å². The molecule has 0 unspecified atom stereocenters. The van der Waals surface area contributed by atoms with Crippen LogP contribution in [0.25, 0.3) is 0 Å². The molecule has 1 saturated heterocycles. The molecule has 2 rings (SSSR count). The average molecular weight is 546 g/mol. The number of amides is 1. The Balaban J connectivity index is 0.00000480. The molecule has 31 heavy (non-hydrogen) atoms. The van der Waals surface area contributed by atoms with Gasteiger partial charge in [0.05, 0.1) is 6.10 Å². The monoisotopic (exact) mass is 546 g/mol. The number of halogens is 1. The van der Waals surface area contributed by atoms with Gasteiger partial charge in [-0.2, -0.15) is 0 Å². The highest BCUT2D eigenvalue weighted by molar-refractivity contribution is 14.0. The Morgan fingerprint density at radius 2 is 1.84 bits per heavy atom. The second-order valence-electron chi connectivity index (χ2n) is 7.61. The molecule has 1 aliphatic rings. The molecule has 7 nitrogen and oxygen atoms in total. The summed E-state index contributed by atoms with van der Waals surface area (Å²) in [6.45, 7) is 6.90. The molecule has 1 fully saturated rings. The summed E-state index contributed by atoms with van der Waals surface area (Å²) in [5.41, 5.74) is 1.82. The SMILES string of the molecule is CCCCNC(=O)c1ccc(CNC(=NC)N2CCC(OCCCOC)CC2)cc1.I. The number of nitrogens with zero attached hydrogens (tertiary/aromatic N) is 2. The molecule has 2 N–H and O–H groups in total. The molecule has 0 saturated carbocycles. The van der Waals surface area contributed by atoms with Crippen LogP contribution in [0.2, 0.25) is 0 Å². The molecule has 1 heterocycles. The molecule has 176 valence electrons. The number of piperidine rings is 1. The maximum Gasteiger partial charge on any atom is 0.251 e. The van der Waals surface area contributed by atoms with Gasteiger partial charge in [0.25, 0.3) is 5.91 Å². The fourth-order valence-electron chi connectivity index (χ4n) is 3.46. The average Bonchev–Trinajstić information content (AvgIpc) is 2.78. The topological polar surface area (TPSA) is 75.2 Å². The van der Waals surface area contributed by atoms with E-state index in [4.69, 9.17) is 9.47 Å². The van der Waals surface area contributed by atoms with E-state index in [9.17, 15) is 4.79 Å². The number of benzene rings is 1. The van der Waals surface area contributed by atoms with Gasteiger partial charge < -0.3 is 25.0 Å². The van der Waals surface area contributed by atoms with Crippen LogP contribution in [0.4, 0.5) is 0 Å². The number of guanidine groups is 1. The number of unbranched alkanes of at least 4 members (excludes halogenated alkanes) is 1. The fraction of sp³-hybridized carbons (Fsp3) is 0.652. The van der Waals surface area contributed by atoms with E-state index in [0.717, 1.165) is 76.5 Å². The highest BCUT2D eigenvalue weighted by Gasteiger charge is 2.21. The van der Waals surface area contributed by atoms with E-state index in [2.05, 4.69) is 27.4 Å². The van der Waals surface area contributed by atoms with Crippen molar-refractivity contribution >= 4 is 35.8 Å². The lowest BCUT2D eigenvalue weighted by Gasteiger charge is -2.34. The van der Waals surface area contributed by atoms with Crippen LogP contribution in [0.1, 0.15) is 54.9 Å². The van der Waals surface area contributed by atoms with Crippen molar-refractivity contribution in [1.29, 1.82) is 0 Å². The van der Waals surface area contributed by atoms with Crippen LogP contribution in [-0.4, -0.2) is 69.9 Å². The number of hydrogen-bond acceptors (Lipinski definition) is 4. The third-order valence-corrected chi connectivity index (χ3v) is 5.28. The van der Waals surface area contributed by atoms with E-state index < -0.39 is 0 Å². The predicted molar refractivity (Wildman–Crippen MR) is 136 cm³/mol. The van der Waals surface area contributed by atoms with Gasteiger partial charge >= 0.3 is 0 Å². The smallest absolute Gasteiger partial charge is 0.251 e. The minimum atomic E-state index is -0.00826. The van der Waals surface area contributed by atoms with E-state index in [1.54, 1.807) is 7.11 Å². The van der Waals surface area contributed by atoms with Crippen molar-refractivity contribution in [3.05, 3.63) is 35.4 Å². The van der Waals surface area contributed by atoms with Crippen LogP contribution in [0, 0.1) is 0 Å². The predicted octanol–water partition coefficient (Wildman–Crippen LogP) is 3.43. The van der Waals surface area contributed by atoms with Crippen molar-refractivity contribution in [3.63, 3.8) is 0 Å². The molecular formula is C23H39IN4O3. The van der Waals surface area contributed by atoms with Gasteiger partial charge in [0, 0.05) is 59.1 Å². The van der Waals surface area contributed by atoms with Crippen LogP contribution in [0.15, 0.2) is 29.3 Å². The summed E-state index contributed by atoms with van der Waals surface area (Å²) in [5, 5.41) is 6.39. The lowest BCUT2D eigenvalue weighted by atomic mass is 10.1. The highest BCUT2D eigenvalue weighted by Crippen LogP contribution is 2.14. The summed E-state index contributed by atoms with van der Waals surface area (Å²) in [5.74, 6) is 0.903. The van der Waals surface area contributed by atoms with E-state index in [1.165, 1.54) is 0 Å². The van der Waals surface area contributed by atoms with Gasteiger partial charge in [0.2, 0.25) is 0 Å². The Kier molecular flexibility index (Phi) is 14.5. The highest BCUT2D eigenvalue weighted by atomic mass is 127. The largest absolute Gasteiger partial charge is 0.385 e. The third-order valence-electron chi connectivity index (χ3n) is 5.28. The van der Waals surface area contributed by atoms with E-state index in [0.29, 0.717) is 18.2 Å². The number of carbonyl (C=O) groups excluding carboxylic acids is 1. The number of ether oxygens (including phenoxy) is 2. The number of carbonyl (C=O) groups is 1. The minimum Gasteiger partial charge on any atom is -0.385 e. The molecular weight excluding hydrogens is 507 g/mol. The maximum atomic E-state index is 12.1. The molecule has 0 aromatic heterocycles. The van der Waals surface area contributed by atoms with Crippen molar-refractivity contribution in [2.75, 3.05) is 47.0 Å². The van der Waals surface area contributed by atoms with Crippen molar-refractivity contribution in [3.8, 4) is 0 Å². The Morgan fingerprint density at radius 3 is 2.45 bits per heavy atom. The Bertz CT molecular complexity index is 647. The van der Waals surface area contributed by atoms with Gasteiger partial charge in [-0.25, -0.2) is 0 Å². The zero-order valence-corrected chi connectivity index (χ0v) is 21.5. The summed E-state index contributed by atoms with van der Waals surface area (Å²) in [6, 6.07) is 7.76. The third kappa shape index (κ3) is 10.2. The first-order valence-corrected chi connectivity index (χ1v) is 11.1. The van der Waals surface area contributed by atoms with Gasteiger partial charge in [-0.15, -0.1) is 24.0 Å². The van der Waals surface area contributed by atoms with E-state index >= 15 is 0 Å². The molecule has 1 aromatic rings. The normalized spacial score (nSPS) is 14.8. The first-order chi connectivity index (χ1) is 14.7. The summed E-state index contributed by atoms with van der Waals surface area (Å²) < 4.78 is 11.0. The van der Waals surface area contributed by atoms with Gasteiger partial charge in [-0.3, -0.25) is 9.79 Å². The number of methoxy groups -OCH3 is 1. The number of nitrogens with one attached hydrogen (secondary N) is 2. The number of aliphatic imine (C=N–C) groups is 1. The van der Waals surface area contributed by atoms with Gasteiger partial charge in [0.15, 0.2) is 5.96 Å². The standard InChI is InChI=1S/C23H38N4O3.HI/c1-4-5-13-25-22(28)20-9-7-19(8-10-20)18-26-23(24-2)27-14-11-21(12-15-27)30-17-6-16-29-3;/h7-10,21H,4-6,11-18H2,1-3H3,(H,24,26)(H,25,28);1H. The molecule has 0 aliphatic carbocycles. The summed E-state index contributed by atoms with van der Waals surface area (Å²) in [4.78, 5) is 18.8. The van der Waals surface area contributed by atoms with Crippen molar-refractivity contribution in [1.82, 2.24) is 15.5 Å². The van der Waals surface area contributed by atoms with Crippen LogP contribution < -0.4 is 10.6 Å². The molecule has 8 heteroatoms. The number of rotatable bonds is 11. The van der Waals surface area contributed by atoms with E-state index in [1.807, 2.05) is 31.3 Å².